The monoisotopic (exact) mass is 348 g/mol. The molecule has 0 amide bonds. The number of halogens is 3. The van der Waals surface area contributed by atoms with Gasteiger partial charge in [-0.2, -0.15) is 13.2 Å². The van der Waals surface area contributed by atoms with Crippen molar-refractivity contribution in [3.63, 3.8) is 0 Å². The summed E-state index contributed by atoms with van der Waals surface area (Å²) >= 11 is 0. The maximum absolute atomic E-state index is 13.0. The summed E-state index contributed by atoms with van der Waals surface area (Å²) in [5.74, 6) is 0.690. The Morgan fingerprint density at radius 2 is 1.92 bits per heavy atom. The molecule has 130 valence electrons. The van der Waals surface area contributed by atoms with Gasteiger partial charge in [0.15, 0.2) is 5.82 Å². The van der Waals surface area contributed by atoms with Gasteiger partial charge in [-0.3, -0.25) is 4.40 Å². The molecule has 0 unspecified atom stereocenters. The molecule has 0 aliphatic carbocycles. The first-order valence-electron chi connectivity index (χ1n) is 7.86. The summed E-state index contributed by atoms with van der Waals surface area (Å²) in [5, 5.41) is 11.3. The Bertz CT molecular complexity index is 898. The van der Waals surface area contributed by atoms with Crippen LogP contribution in [0.4, 0.5) is 19.0 Å². The van der Waals surface area contributed by atoms with Crippen molar-refractivity contribution in [3.05, 3.63) is 42.4 Å². The van der Waals surface area contributed by atoms with E-state index >= 15 is 0 Å². The van der Waals surface area contributed by atoms with E-state index < -0.39 is 11.7 Å². The Labute approximate surface area is 141 Å². The second-order valence-corrected chi connectivity index (χ2v) is 5.81. The third-order valence-electron chi connectivity index (χ3n) is 4.22. The van der Waals surface area contributed by atoms with Gasteiger partial charge in [-0.1, -0.05) is 12.1 Å². The van der Waals surface area contributed by atoms with E-state index in [4.69, 9.17) is 0 Å². The van der Waals surface area contributed by atoms with Gasteiger partial charge >= 0.3 is 6.18 Å². The zero-order chi connectivity index (χ0) is 17.4. The average Bonchev–Trinajstić information content (AvgIpc) is 3.11. The summed E-state index contributed by atoms with van der Waals surface area (Å²) < 4.78 is 40.6. The molecule has 0 radical (unpaired) electrons. The van der Waals surface area contributed by atoms with Gasteiger partial charge in [0.25, 0.3) is 0 Å². The molecule has 2 aromatic heterocycles. The lowest BCUT2D eigenvalue weighted by atomic mass is 10.1. The molecule has 1 aromatic carbocycles. The van der Waals surface area contributed by atoms with Crippen molar-refractivity contribution in [2.75, 3.05) is 31.1 Å². The van der Waals surface area contributed by atoms with Crippen LogP contribution in [0.2, 0.25) is 0 Å². The predicted octanol–water partition coefficient (Wildman–Crippen LogP) is 2.22. The molecule has 0 saturated carbocycles. The minimum atomic E-state index is -4.39. The molecule has 0 spiro atoms. The first kappa shape index (κ1) is 15.8. The minimum Gasteiger partial charge on any atom is -0.351 e. The van der Waals surface area contributed by atoms with Crippen molar-refractivity contribution >= 4 is 11.5 Å². The molecule has 1 N–H and O–H groups in total. The summed E-state index contributed by atoms with van der Waals surface area (Å²) in [6.45, 7) is 3.27. The fourth-order valence-electron chi connectivity index (χ4n) is 2.97. The summed E-state index contributed by atoms with van der Waals surface area (Å²) in [4.78, 5) is 6.56. The highest BCUT2D eigenvalue weighted by atomic mass is 19.4. The van der Waals surface area contributed by atoms with Crippen molar-refractivity contribution in [2.45, 2.75) is 6.18 Å². The second-order valence-electron chi connectivity index (χ2n) is 5.81. The molecule has 1 aliphatic heterocycles. The molecule has 1 saturated heterocycles. The van der Waals surface area contributed by atoms with Crippen LogP contribution in [0.1, 0.15) is 5.56 Å². The minimum absolute atomic E-state index is 0.416. The number of benzene rings is 1. The molecule has 25 heavy (non-hydrogen) atoms. The highest BCUT2D eigenvalue weighted by molar-refractivity contribution is 5.71. The average molecular weight is 348 g/mol. The third-order valence-corrected chi connectivity index (χ3v) is 4.22. The quantitative estimate of drug-likeness (QED) is 0.770. The molecule has 3 aromatic rings. The molecule has 0 bridgehead atoms. The molecule has 4 rings (SSSR count). The Hall–Kier alpha value is -2.68. The van der Waals surface area contributed by atoms with E-state index in [1.54, 1.807) is 16.7 Å². The first-order chi connectivity index (χ1) is 12.0. The Kier molecular flexibility index (Phi) is 3.79. The topological polar surface area (TPSA) is 58.4 Å². The number of hydrogen-bond acceptors (Lipinski definition) is 5. The van der Waals surface area contributed by atoms with Crippen LogP contribution in [0.3, 0.4) is 0 Å². The van der Waals surface area contributed by atoms with E-state index in [0.717, 1.165) is 38.3 Å². The van der Waals surface area contributed by atoms with Crippen LogP contribution in [0.25, 0.3) is 16.9 Å². The van der Waals surface area contributed by atoms with Crippen molar-refractivity contribution < 1.29 is 13.2 Å². The molecular weight excluding hydrogens is 333 g/mol. The van der Waals surface area contributed by atoms with E-state index in [0.29, 0.717) is 22.7 Å². The summed E-state index contributed by atoms with van der Waals surface area (Å²) in [5.41, 5.74) is 0.776. The van der Waals surface area contributed by atoms with Gasteiger partial charge in [-0.25, -0.2) is 4.98 Å². The van der Waals surface area contributed by atoms with Crippen LogP contribution in [-0.2, 0) is 6.18 Å². The van der Waals surface area contributed by atoms with Crippen LogP contribution in [0.15, 0.2) is 36.8 Å². The van der Waals surface area contributed by atoms with Crippen LogP contribution in [0.5, 0.6) is 0 Å². The van der Waals surface area contributed by atoms with E-state index in [1.807, 2.05) is 0 Å². The maximum Gasteiger partial charge on any atom is 0.416 e. The lowest BCUT2D eigenvalue weighted by Crippen LogP contribution is -2.44. The van der Waals surface area contributed by atoms with Crippen LogP contribution < -0.4 is 10.2 Å². The smallest absolute Gasteiger partial charge is 0.351 e. The van der Waals surface area contributed by atoms with E-state index in [2.05, 4.69) is 25.4 Å². The largest absolute Gasteiger partial charge is 0.416 e. The highest BCUT2D eigenvalue weighted by Gasteiger charge is 2.30. The molecule has 1 fully saturated rings. The molecule has 3 heterocycles. The van der Waals surface area contributed by atoms with Crippen molar-refractivity contribution in [2.24, 2.45) is 0 Å². The number of piperazine rings is 1. The van der Waals surface area contributed by atoms with E-state index in [-0.39, 0.29) is 0 Å². The summed E-state index contributed by atoms with van der Waals surface area (Å²) in [7, 11) is 0. The molecule has 6 nitrogen and oxygen atoms in total. The number of fused-ring (bicyclic) bond motifs is 1. The SMILES string of the molecule is FC(F)(F)c1cccc(-c2cnc(N3CCNCC3)c3nncn23)c1. The first-order valence-corrected chi connectivity index (χ1v) is 7.86. The molecule has 1 aliphatic rings. The van der Waals surface area contributed by atoms with E-state index in [1.165, 1.54) is 12.4 Å². The number of rotatable bonds is 2. The Balaban J connectivity index is 1.81. The standard InChI is InChI=1S/C16H15F3N6/c17-16(18,19)12-3-1-2-11(8-12)13-9-21-14(15-23-22-10-25(13)15)24-6-4-20-5-7-24/h1-3,8-10,20H,4-7H2. The van der Waals surface area contributed by atoms with E-state index in [9.17, 15) is 13.2 Å². The van der Waals surface area contributed by atoms with Gasteiger partial charge in [0, 0.05) is 31.7 Å². The Morgan fingerprint density at radius 1 is 1.12 bits per heavy atom. The van der Waals surface area contributed by atoms with Gasteiger partial charge in [-0.05, 0) is 12.1 Å². The van der Waals surface area contributed by atoms with Crippen LogP contribution >= 0.6 is 0 Å². The van der Waals surface area contributed by atoms with Crippen LogP contribution in [-0.4, -0.2) is 45.8 Å². The highest BCUT2D eigenvalue weighted by Crippen LogP contribution is 2.32. The fraction of sp³-hybridized carbons (Fsp3) is 0.312. The Morgan fingerprint density at radius 3 is 2.68 bits per heavy atom. The second kappa shape index (κ2) is 5.99. The van der Waals surface area contributed by atoms with Crippen molar-refractivity contribution in [1.29, 1.82) is 0 Å². The number of alkyl halides is 3. The zero-order valence-corrected chi connectivity index (χ0v) is 13.2. The van der Waals surface area contributed by atoms with Gasteiger partial charge in [-0.15, -0.1) is 10.2 Å². The van der Waals surface area contributed by atoms with Crippen molar-refractivity contribution in [1.82, 2.24) is 24.9 Å². The molecule has 9 heteroatoms. The van der Waals surface area contributed by atoms with Gasteiger partial charge in [0.05, 0.1) is 17.5 Å². The predicted molar refractivity (Wildman–Crippen MR) is 86.3 cm³/mol. The molecular formula is C16H15F3N6. The van der Waals surface area contributed by atoms with Gasteiger partial charge in [0.2, 0.25) is 5.65 Å². The number of nitrogens with zero attached hydrogens (tertiary/aromatic N) is 5. The number of anilines is 1. The van der Waals surface area contributed by atoms with Gasteiger partial charge < -0.3 is 10.2 Å². The van der Waals surface area contributed by atoms with Crippen molar-refractivity contribution in [3.8, 4) is 11.3 Å². The van der Waals surface area contributed by atoms with Gasteiger partial charge in [0.1, 0.15) is 6.33 Å². The lowest BCUT2D eigenvalue weighted by Gasteiger charge is -2.28. The molecule has 0 atom stereocenters. The number of aromatic nitrogens is 4. The maximum atomic E-state index is 13.0. The zero-order valence-electron chi connectivity index (χ0n) is 13.2. The summed E-state index contributed by atoms with van der Waals surface area (Å²) in [6, 6.07) is 5.17. The fourth-order valence-corrected chi connectivity index (χ4v) is 2.97. The third kappa shape index (κ3) is 2.91. The van der Waals surface area contributed by atoms with Crippen LogP contribution in [0, 0.1) is 0 Å². The summed E-state index contributed by atoms with van der Waals surface area (Å²) in [6.07, 6.45) is -1.32. The lowest BCUT2D eigenvalue weighted by molar-refractivity contribution is -0.137. The number of nitrogens with one attached hydrogen (secondary N) is 1. The normalized spacial score (nSPS) is 15.7. The number of hydrogen-bond donors (Lipinski definition) is 1.